The van der Waals surface area contributed by atoms with E-state index in [1.807, 2.05) is 12.1 Å². The van der Waals surface area contributed by atoms with Gasteiger partial charge in [-0.3, -0.25) is 4.79 Å². The average molecular weight is 410 g/mol. The van der Waals surface area contributed by atoms with Crippen LogP contribution >= 0.6 is 15.9 Å². The van der Waals surface area contributed by atoms with Crippen molar-refractivity contribution >= 4 is 33.9 Å². The number of carbonyl (C=O) groups excluding carboxylic acids is 2. The van der Waals surface area contributed by atoms with Crippen molar-refractivity contribution in [1.29, 1.82) is 0 Å². The van der Waals surface area contributed by atoms with Gasteiger partial charge in [-0.2, -0.15) is 0 Å². The molecule has 1 N–H and O–H groups in total. The van der Waals surface area contributed by atoms with E-state index in [0.29, 0.717) is 11.7 Å². The summed E-state index contributed by atoms with van der Waals surface area (Å²) < 4.78 is 11.1. The van der Waals surface area contributed by atoms with Gasteiger partial charge in [0.05, 0.1) is 7.11 Å². The van der Waals surface area contributed by atoms with Crippen LogP contribution in [0.3, 0.4) is 0 Å². The van der Waals surface area contributed by atoms with Crippen molar-refractivity contribution in [2.45, 2.75) is 38.6 Å². The highest BCUT2D eigenvalue weighted by molar-refractivity contribution is 9.10. The summed E-state index contributed by atoms with van der Waals surface area (Å²) in [5.41, 5.74) is 0.745. The number of halogens is 1. The fourth-order valence-corrected chi connectivity index (χ4v) is 3.34. The second kappa shape index (κ2) is 9.61. The van der Waals surface area contributed by atoms with Crippen LogP contribution in [0.5, 0.6) is 5.75 Å². The maximum atomic E-state index is 11.9. The van der Waals surface area contributed by atoms with E-state index >= 15 is 0 Å². The molecule has 6 heteroatoms. The summed E-state index contributed by atoms with van der Waals surface area (Å²) in [7, 11) is 1.56. The van der Waals surface area contributed by atoms with Crippen molar-refractivity contribution in [2.75, 3.05) is 13.7 Å². The molecule has 0 bridgehead atoms. The van der Waals surface area contributed by atoms with Crippen LogP contribution in [0.15, 0.2) is 28.7 Å². The Hall–Kier alpha value is -1.82. The summed E-state index contributed by atoms with van der Waals surface area (Å²) in [4.78, 5) is 23.8. The molecule has 1 aromatic carbocycles. The van der Waals surface area contributed by atoms with Gasteiger partial charge in [0.1, 0.15) is 5.75 Å². The summed E-state index contributed by atoms with van der Waals surface area (Å²) in [6.45, 7) is 1.88. The van der Waals surface area contributed by atoms with Crippen molar-refractivity contribution in [3.05, 3.63) is 34.3 Å². The SMILES string of the molecule is COc1ccc(Br)cc1/C=C/C(=O)OCC(=O)NC1CCCCC1C. The molecule has 1 aliphatic carbocycles. The molecule has 2 rings (SSSR count). The second-order valence-electron chi connectivity index (χ2n) is 6.26. The zero-order valence-electron chi connectivity index (χ0n) is 14.6. The topological polar surface area (TPSA) is 64.6 Å². The Kier molecular flexibility index (Phi) is 7.50. The predicted octanol–water partition coefficient (Wildman–Crippen LogP) is 3.71. The molecule has 1 fully saturated rings. The van der Waals surface area contributed by atoms with Crippen LogP contribution in [0, 0.1) is 5.92 Å². The van der Waals surface area contributed by atoms with Crippen molar-refractivity contribution < 1.29 is 19.1 Å². The number of amides is 1. The quantitative estimate of drug-likeness (QED) is 0.574. The van der Waals surface area contributed by atoms with E-state index in [0.717, 1.165) is 29.3 Å². The fraction of sp³-hybridized carbons (Fsp3) is 0.474. The summed E-state index contributed by atoms with van der Waals surface area (Å²) in [5, 5.41) is 2.96. The van der Waals surface area contributed by atoms with Crippen molar-refractivity contribution in [2.24, 2.45) is 5.92 Å². The molecule has 2 atom stereocenters. The first-order chi connectivity index (χ1) is 12.0. The molecule has 1 amide bonds. The molecule has 1 aromatic rings. The van der Waals surface area contributed by atoms with E-state index in [1.165, 1.54) is 12.5 Å². The number of hydrogen-bond donors (Lipinski definition) is 1. The molecular formula is C19H24BrNO4. The Balaban J connectivity index is 1.82. The summed E-state index contributed by atoms with van der Waals surface area (Å²) >= 11 is 3.38. The molecule has 0 spiro atoms. The maximum absolute atomic E-state index is 11.9. The van der Waals surface area contributed by atoms with E-state index in [9.17, 15) is 9.59 Å². The Bertz CT molecular complexity index is 644. The van der Waals surface area contributed by atoms with Gasteiger partial charge in [-0.15, -0.1) is 0 Å². The number of rotatable bonds is 6. The Morgan fingerprint density at radius 1 is 1.32 bits per heavy atom. The zero-order valence-corrected chi connectivity index (χ0v) is 16.2. The van der Waals surface area contributed by atoms with Gasteiger partial charge in [-0.05, 0) is 43.0 Å². The molecule has 136 valence electrons. The molecule has 2 unspecified atom stereocenters. The first-order valence-electron chi connectivity index (χ1n) is 8.47. The van der Waals surface area contributed by atoms with E-state index in [-0.39, 0.29) is 18.6 Å². The van der Waals surface area contributed by atoms with Gasteiger partial charge < -0.3 is 14.8 Å². The third-order valence-electron chi connectivity index (χ3n) is 4.39. The molecule has 1 aliphatic rings. The average Bonchev–Trinajstić information content (AvgIpc) is 2.60. The molecule has 0 radical (unpaired) electrons. The first-order valence-corrected chi connectivity index (χ1v) is 9.26. The minimum atomic E-state index is -0.561. The molecule has 0 aromatic heterocycles. The summed E-state index contributed by atoms with van der Waals surface area (Å²) in [6.07, 6.45) is 7.36. The van der Waals surface area contributed by atoms with Crippen molar-refractivity contribution in [1.82, 2.24) is 5.32 Å². The molecular weight excluding hydrogens is 386 g/mol. The number of hydrogen-bond acceptors (Lipinski definition) is 4. The standard InChI is InChI=1S/C19H24BrNO4/c1-13-5-3-4-6-16(13)21-18(22)12-25-19(23)10-7-14-11-15(20)8-9-17(14)24-2/h7-11,13,16H,3-6,12H2,1-2H3,(H,21,22)/b10-7+. The van der Waals surface area contributed by atoms with Crippen LogP contribution in [-0.4, -0.2) is 31.6 Å². The van der Waals surface area contributed by atoms with Crippen LogP contribution in [-0.2, 0) is 14.3 Å². The lowest BCUT2D eigenvalue weighted by atomic mass is 9.86. The lowest BCUT2D eigenvalue weighted by molar-refractivity contribution is -0.144. The smallest absolute Gasteiger partial charge is 0.331 e. The fourth-order valence-electron chi connectivity index (χ4n) is 2.96. The Morgan fingerprint density at radius 3 is 2.80 bits per heavy atom. The number of benzene rings is 1. The lowest BCUT2D eigenvalue weighted by Crippen LogP contribution is -2.42. The minimum absolute atomic E-state index is 0.182. The van der Waals surface area contributed by atoms with Crippen LogP contribution in [0.4, 0.5) is 0 Å². The summed E-state index contributed by atoms with van der Waals surface area (Å²) in [5.74, 6) is 0.308. The minimum Gasteiger partial charge on any atom is -0.496 e. The van der Waals surface area contributed by atoms with Crippen LogP contribution in [0.2, 0.25) is 0 Å². The number of carbonyl (C=O) groups is 2. The van der Waals surface area contributed by atoms with Gasteiger partial charge in [0.25, 0.3) is 5.91 Å². The molecule has 0 saturated heterocycles. The van der Waals surface area contributed by atoms with E-state index < -0.39 is 5.97 Å². The van der Waals surface area contributed by atoms with Gasteiger partial charge in [-0.25, -0.2) is 4.79 Å². The molecule has 0 aliphatic heterocycles. The van der Waals surface area contributed by atoms with Crippen LogP contribution in [0.1, 0.15) is 38.2 Å². The molecule has 0 heterocycles. The molecule has 25 heavy (non-hydrogen) atoms. The maximum Gasteiger partial charge on any atom is 0.331 e. The largest absolute Gasteiger partial charge is 0.496 e. The Labute approximate surface area is 156 Å². The second-order valence-corrected chi connectivity index (χ2v) is 7.18. The molecule has 1 saturated carbocycles. The van der Waals surface area contributed by atoms with Crippen molar-refractivity contribution in [3.8, 4) is 5.75 Å². The van der Waals surface area contributed by atoms with E-state index in [1.54, 1.807) is 19.3 Å². The first kappa shape index (κ1) is 19.5. The third-order valence-corrected chi connectivity index (χ3v) is 4.89. The number of esters is 1. The highest BCUT2D eigenvalue weighted by atomic mass is 79.9. The lowest BCUT2D eigenvalue weighted by Gasteiger charge is -2.29. The zero-order chi connectivity index (χ0) is 18.2. The van der Waals surface area contributed by atoms with Gasteiger partial charge >= 0.3 is 5.97 Å². The van der Waals surface area contributed by atoms with Gasteiger partial charge in [0.15, 0.2) is 6.61 Å². The number of ether oxygens (including phenoxy) is 2. The van der Waals surface area contributed by atoms with Gasteiger partial charge in [0, 0.05) is 22.2 Å². The predicted molar refractivity (Wildman–Crippen MR) is 100 cm³/mol. The normalized spacial score (nSPS) is 20.3. The highest BCUT2D eigenvalue weighted by Crippen LogP contribution is 2.24. The number of methoxy groups -OCH3 is 1. The van der Waals surface area contributed by atoms with Crippen LogP contribution < -0.4 is 10.1 Å². The van der Waals surface area contributed by atoms with Gasteiger partial charge in [-0.1, -0.05) is 35.7 Å². The van der Waals surface area contributed by atoms with Crippen molar-refractivity contribution in [3.63, 3.8) is 0 Å². The number of nitrogens with one attached hydrogen (secondary N) is 1. The van der Waals surface area contributed by atoms with E-state index in [2.05, 4.69) is 28.2 Å². The Morgan fingerprint density at radius 2 is 2.08 bits per heavy atom. The van der Waals surface area contributed by atoms with Crippen LogP contribution in [0.25, 0.3) is 6.08 Å². The van der Waals surface area contributed by atoms with Gasteiger partial charge in [0.2, 0.25) is 0 Å². The third kappa shape index (κ3) is 6.20. The highest BCUT2D eigenvalue weighted by Gasteiger charge is 2.22. The van der Waals surface area contributed by atoms with E-state index in [4.69, 9.17) is 9.47 Å². The summed E-state index contributed by atoms with van der Waals surface area (Å²) in [6, 6.07) is 5.67. The monoisotopic (exact) mass is 409 g/mol. The molecule has 5 nitrogen and oxygen atoms in total.